The Morgan fingerprint density at radius 3 is 2.58 bits per heavy atom. The van der Waals surface area contributed by atoms with Crippen molar-refractivity contribution in [3.05, 3.63) is 35.7 Å². The van der Waals surface area contributed by atoms with Gasteiger partial charge in [-0.1, -0.05) is 6.92 Å². The van der Waals surface area contributed by atoms with Gasteiger partial charge in [-0.2, -0.15) is 0 Å². The summed E-state index contributed by atoms with van der Waals surface area (Å²) < 4.78 is 19.7. The van der Waals surface area contributed by atoms with E-state index < -0.39 is 0 Å². The van der Waals surface area contributed by atoms with Gasteiger partial charge in [-0.05, 0) is 18.3 Å². The fraction of sp³-hybridized carbons (Fsp3) is 0.588. The summed E-state index contributed by atoms with van der Waals surface area (Å²) >= 11 is 0. The first-order valence-corrected chi connectivity index (χ1v) is 8.51. The van der Waals surface area contributed by atoms with Crippen LogP contribution in [0.2, 0.25) is 0 Å². The number of nitrogens with zero attached hydrogens (tertiary/aromatic N) is 5. The zero-order valence-corrected chi connectivity index (χ0v) is 14.1. The van der Waals surface area contributed by atoms with Crippen LogP contribution in [0, 0.1) is 24.6 Å². The molecule has 0 aromatic carbocycles. The number of fused-ring (bicyclic) bond motifs is 1. The van der Waals surface area contributed by atoms with Crippen LogP contribution in [0.25, 0.3) is 0 Å². The van der Waals surface area contributed by atoms with E-state index in [0.717, 1.165) is 38.4 Å². The van der Waals surface area contributed by atoms with Crippen LogP contribution in [0.1, 0.15) is 24.2 Å². The Balaban J connectivity index is 1.41. The second-order valence-electron chi connectivity index (χ2n) is 6.79. The van der Waals surface area contributed by atoms with Gasteiger partial charge in [-0.3, -0.25) is 4.90 Å². The maximum atomic E-state index is 14.5. The third kappa shape index (κ3) is 2.77. The van der Waals surface area contributed by atoms with Crippen LogP contribution in [0.5, 0.6) is 0 Å². The van der Waals surface area contributed by atoms with Crippen LogP contribution in [0.3, 0.4) is 0 Å². The van der Waals surface area contributed by atoms with Crippen molar-refractivity contribution >= 4 is 5.82 Å². The van der Waals surface area contributed by atoms with Crippen LogP contribution in [0.4, 0.5) is 10.2 Å². The normalized spacial score (nSPS) is 23.9. The number of anilines is 1. The molecule has 0 bridgehead atoms. The molecule has 0 spiro atoms. The smallest absolute Gasteiger partial charge is 0.191 e. The van der Waals surface area contributed by atoms with E-state index in [2.05, 4.69) is 24.8 Å². The van der Waals surface area contributed by atoms with Gasteiger partial charge < -0.3 is 9.32 Å². The first-order chi connectivity index (χ1) is 11.6. The predicted molar refractivity (Wildman–Crippen MR) is 87.1 cm³/mol. The zero-order chi connectivity index (χ0) is 16.7. The van der Waals surface area contributed by atoms with E-state index in [1.165, 1.54) is 6.33 Å². The number of rotatable bonds is 4. The topological polar surface area (TPSA) is 58.3 Å². The molecule has 2 aromatic heterocycles. The summed E-state index contributed by atoms with van der Waals surface area (Å²) in [5, 5.41) is 0. The lowest BCUT2D eigenvalue weighted by molar-refractivity contribution is 0.304. The maximum absolute atomic E-state index is 14.5. The van der Waals surface area contributed by atoms with E-state index in [0.29, 0.717) is 35.7 Å². The fourth-order valence-electron chi connectivity index (χ4n) is 3.96. The molecular weight excluding hydrogens is 309 g/mol. The average molecular weight is 331 g/mol. The first kappa shape index (κ1) is 15.5. The van der Waals surface area contributed by atoms with Crippen molar-refractivity contribution in [1.82, 2.24) is 19.9 Å². The van der Waals surface area contributed by atoms with Gasteiger partial charge in [0.15, 0.2) is 17.5 Å². The van der Waals surface area contributed by atoms with Crippen molar-refractivity contribution in [2.24, 2.45) is 11.8 Å². The van der Waals surface area contributed by atoms with E-state index in [9.17, 15) is 4.39 Å². The van der Waals surface area contributed by atoms with Gasteiger partial charge in [0, 0.05) is 39.6 Å². The van der Waals surface area contributed by atoms with Gasteiger partial charge in [0.25, 0.3) is 0 Å². The highest BCUT2D eigenvalue weighted by Gasteiger charge is 2.41. The molecule has 2 aromatic rings. The highest BCUT2D eigenvalue weighted by atomic mass is 19.1. The molecule has 4 heterocycles. The molecule has 0 aliphatic carbocycles. The molecule has 4 rings (SSSR count). The molecule has 0 N–H and O–H groups in total. The molecule has 2 saturated heterocycles. The standard InChI is InChI=1S/C17H22FN5O/c1-3-15-16(18)17(20-10-19-15)23-6-12-4-22(5-13(12)7-23)8-14-9-24-11(2)21-14/h9-10,12-13H,3-8H2,1-2H3. The minimum atomic E-state index is -0.255. The largest absolute Gasteiger partial charge is 0.449 e. The highest BCUT2D eigenvalue weighted by Crippen LogP contribution is 2.34. The second-order valence-corrected chi connectivity index (χ2v) is 6.79. The van der Waals surface area contributed by atoms with Gasteiger partial charge in [-0.15, -0.1) is 0 Å². The van der Waals surface area contributed by atoms with Crippen molar-refractivity contribution in [2.75, 3.05) is 31.1 Å². The lowest BCUT2D eigenvalue weighted by atomic mass is 10.0. The molecule has 128 valence electrons. The summed E-state index contributed by atoms with van der Waals surface area (Å²) in [6, 6.07) is 0. The van der Waals surface area contributed by atoms with Crippen LogP contribution < -0.4 is 4.90 Å². The first-order valence-electron chi connectivity index (χ1n) is 8.51. The van der Waals surface area contributed by atoms with Crippen LogP contribution in [0.15, 0.2) is 17.0 Å². The summed E-state index contributed by atoms with van der Waals surface area (Å²) in [5.74, 6) is 2.03. The van der Waals surface area contributed by atoms with Gasteiger partial charge in [-0.25, -0.2) is 19.3 Å². The highest BCUT2D eigenvalue weighted by molar-refractivity contribution is 5.43. The number of halogens is 1. The van der Waals surface area contributed by atoms with Crippen molar-refractivity contribution in [1.29, 1.82) is 0 Å². The predicted octanol–water partition coefficient (Wildman–Crippen LogP) is 2.04. The molecule has 24 heavy (non-hydrogen) atoms. The molecule has 2 aliphatic rings. The molecule has 2 unspecified atom stereocenters. The maximum Gasteiger partial charge on any atom is 0.191 e. The number of aromatic nitrogens is 3. The van der Waals surface area contributed by atoms with E-state index in [4.69, 9.17) is 4.42 Å². The van der Waals surface area contributed by atoms with E-state index >= 15 is 0 Å². The third-order valence-electron chi connectivity index (χ3n) is 5.09. The molecule has 2 aliphatic heterocycles. The summed E-state index contributed by atoms with van der Waals surface area (Å²) in [6.45, 7) is 8.34. The molecule has 0 radical (unpaired) electrons. The minimum Gasteiger partial charge on any atom is -0.449 e. The Kier molecular flexibility index (Phi) is 3.96. The van der Waals surface area contributed by atoms with Crippen molar-refractivity contribution in [3.8, 4) is 0 Å². The number of oxazole rings is 1. The van der Waals surface area contributed by atoms with Gasteiger partial charge in [0.2, 0.25) is 0 Å². The zero-order valence-electron chi connectivity index (χ0n) is 14.1. The average Bonchev–Trinajstić information content (AvgIpc) is 3.23. The monoisotopic (exact) mass is 331 g/mol. The number of hydrogen-bond acceptors (Lipinski definition) is 6. The Morgan fingerprint density at radius 2 is 1.96 bits per heavy atom. The van der Waals surface area contributed by atoms with Crippen LogP contribution in [-0.2, 0) is 13.0 Å². The van der Waals surface area contributed by atoms with Crippen LogP contribution >= 0.6 is 0 Å². The molecule has 7 heteroatoms. The van der Waals surface area contributed by atoms with Gasteiger partial charge in [0.1, 0.15) is 12.6 Å². The van der Waals surface area contributed by atoms with E-state index in [1.807, 2.05) is 13.8 Å². The molecule has 2 fully saturated rings. The second kappa shape index (κ2) is 6.12. The SMILES string of the molecule is CCc1ncnc(N2CC3CN(Cc4coc(C)n4)CC3C2)c1F. The Labute approximate surface area is 140 Å². The van der Waals surface area contributed by atoms with Crippen molar-refractivity contribution in [2.45, 2.75) is 26.8 Å². The minimum absolute atomic E-state index is 0.255. The lowest BCUT2D eigenvalue weighted by Crippen LogP contribution is -2.30. The summed E-state index contributed by atoms with van der Waals surface area (Å²) in [5.41, 5.74) is 1.49. The van der Waals surface area contributed by atoms with Gasteiger partial charge in [0.05, 0.1) is 11.4 Å². The number of aryl methyl sites for hydroxylation is 2. The van der Waals surface area contributed by atoms with E-state index in [-0.39, 0.29) is 5.82 Å². The molecule has 6 nitrogen and oxygen atoms in total. The molecule has 0 saturated carbocycles. The molecule has 2 atom stereocenters. The Hall–Kier alpha value is -2.02. The van der Waals surface area contributed by atoms with E-state index in [1.54, 1.807) is 6.26 Å². The number of likely N-dealkylation sites (tertiary alicyclic amines) is 1. The van der Waals surface area contributed by atoms with Crippen LogP contribution in [-0.4, -0.2) is 46.0 Å². The van der Waals surface area contributed by atoms with Gasteiger partial charge >= 0.3 is 0 Å². The lowest BCUT2D eigenvalue weighted by Gasteiger charge is -2.22. The molecule has 0 amide bonds. The summed E-state index contributed by atoms with van der Waals surface area (Å²) in [6.07, 6.45) is 3.80. The summed E-state index contributed by atoms with van der Waals surface area (Å²) in [4.78, 5) is 17.1. The Morgan fingerprint density at radius 1 is 1.21 bits per heavy atom. The fourth-order valence-corrected chi connectivity index (χ4v) is 3.96. The number of hydrogen-bond donors (Lipinski definition) is 0. The third-order valence-corrected chi connectivity index (χ3v) is 5.09. The molecular formula is C17H22FN5O. The van der Waals surface area contributed by atoms with Crippen molar-refractivity contribution in [3.63, 3.8) is 0 Å². The summed E-state index contributed by atoms with van der Waals surface area (Å²) in [7, 11) is 0. The van der Waals surface area contributed by atoms with Crippen molar-refractivity contribution < 1.29 is 8.81 Å². The Bertz CT molecular complexity index is 720. The quantitative estimate of drug-likeness (QED) is 0.854.